The molecule has 5 heteroatoms. The minimum Gasteiger partial charge on any atom is -0.481 e. The van der Waals surface area contributed by atoms with Crippen LogP contribution in [0.2, 0.25) is 0 Å². The Labute approximate surface area is 130 Å². The third-order valence-electron chi connectivity index (χ3n) is 3.26. The predicted molar refractivity (Wildman–Crippen MR) is 87.1 cm³/mol. The van der Waals surface area contributed by atoms with Gasteiger partial charge in [-0.3, -0.25) is 0 Å². The zero-order valence-electron chi connectivity index (χ0n) is 12.9. The van der Waals surface area contributed by atoms with E-state index in [1.807, 2.05) is 19.2 Å². The summed E-state index contributed by atoms with van der Waals surface area (Å²) in [6, 6.07) is 4.39. The third kappa shape index (κ3) is 5.10. The first-order valence-electron chi connectivity index (χ1n) is 7.34. The molecular formula is C16H23N3OS. The van der Waals surface area contributed by atoms with Crippen molar-refractivity contribution in [2.24, 2.45) is 0 Å². The molecule has 0 aliphatic rings. The summed E-state index contributed by atoms with van der Waals surface area (Å²) in [7, 11) is 1.64. The van der Waals surface area contributed by atoms with Crippen LogP contribution in [0.15, 0.2) is 23.7 Å². The molecule has 1 unspecified atom stereocenters. The van der Waals surface area contributed by atoms with E-state index in [4.69, 9.17) is 4.74 Å². The number of hydrogen-bond acceptors (Lipinski definition) is 5. The first-order valence-corrected chi connectivity index (χ1v) is 8.22. The summed E-state index contributed by atoms with van der Waals surface area (Å²) in [6.45, 7) is 5.26. The molecule has 0 aliphatic carbocycles. The number of pyridine rings is 1. The van der Waals surface area contributed by atoms with Gasteiger partial charge in [0.2, 0.25) is 5.88 Å². The summed E-state index contributed by atoms with van der Waals surface area (Å²) in [5, 5.41) is 6.92. The number of aromatic nitrogens is 2. The average molecular weight is 305 g/mol. The monoisotopic (exact) mass is 305 g/mol. The van der Waals surface area contributed by atoms with Crippen LogP contribution in [0, 0.1) is 6.92 Å². The van der Waals surface area contributed by atoms with Gasteiger partial charge in [-0.15, -0.1) is 11.3 Å². The lowest BCUT2D eigenvalue weighted by Crippen LogP contribution is -2.33. The van der Waals surface area contributed by atoms with Crippen molar-refractivity contribution in [1.82, 2.24) is 15.3 Å². The van der Waals surface area contributed by atoms with Gasteiger partial charge in [0.1, 0.15) is 0 Å². The lowest BCUT2D eigenvalue weighted by Gasteiger charge is -2.17. The molecule has 1 atom stereocenters. The molecule has 0 amide bonds. The van der Waals surface area contributed by atoms with E-state index in [1.54, 1.807) is 18.4 Å². The van der Waals surface area contributed by atoms with Crippen LogP contribution in [0.25, 0.3) is 0 Å². The number of aryl methyl sites for hydroxylation is 1. The third-order valence-corrected chi connectivity index (χ3v) is 4.25. The molecule has 0 spiro atoms. The molecule has 2 aromatic rings. The van der Waals surface area contributed by atoms with Gasteiger partial charge >= 0.3 is 0 Å². The van der Waals surface area contributed by atoms with Crippen molar-refractivity contribution in [2.75, 3.05) is 13.7 Å². The highest BCUT2D eigenvalue weighted by atomic mass is 32.1. The van der Waals surface area contributed by atoms with E-state index in [1.165, 1.54) is 10.6 Å². The molecule has 0 radical (unpaired) electrons. The Morgan fingerprint density at radius 1 is 1.33 bits per heavy atom. The Kier molecular flexibility index (Phi) is 6.14. The summed E-state index contributed by atoms with van der Waals surface area (Å²) >= 11 is 1.74. The molecule has 2 heterocycles. The summed E-state index contributed by atoms with van der Waals surface area (Å²) in [5.41, 5.74) is 2.33. The maximum atomic E-state index is 5.10. The van der Waals surface area contributed by atoms with Gasteiger partial charge in [0.05, 0.1) is 12.1 Å². The molecule has 0 bridgehead atoms. The fourth-order valence-electron chi connectivity index (χ4n) is 2.21. The lowest BCUT2D eigenvalue weighted by molar-refractivity contribution is 0.397. The second-order valence-corrected chi connectivity index (χ2v) is 6.09. The topological polar surface area (TPSA) is 47.0 Å². The van der Waals surface area contributed by atoms with Gasteiger partial charge in [0.15, 0.2) is 0 Å². The zero-order chi connectivity index (χ0) is 15.1. The highest BCUT2D eigenvalue weighted by Crippen LogP contribution is 2.14. The molecule has 0 aliphatic heterocycles. The minimum atomic E-state index is 0.394. The van der Waals surface area contributed by atoms with Gasteiger partial charge in [-0.25, -0.2) is 9.97 Å². The Hall–Kier alpha value is -1.46. The Bertz CT molecular complexity index is 539. The zero-order valence-corrected chi connectivity index (χ0v) is 13.7. The van der Waals surface area contributed by atoms with Crippen molar-refractivity contribution in [3.63, 3.8) is 0 Å². The molecule has 0 saturated carbocycles. The van der Waals surface area contributed by atoms with Gasteiger partial charge in [-0.2, -0.15) is 0 Å². The maximum absolute atomic E-state index is 5.10. The van der Waals surface area contributed by atoms with Crippen molar-refractivity contribution in [2.45, 2.75) is 39.2 Å². The molecule has 1 N–H and O–H groups in total. The average Bonchev–Trinajstić information content (AvgIpc) is 2.90. The normalized spacial score (nSPS) is 12.3. The highest BCUT2D eigenvalue weighted by molar-refractivity contribution is 7.09. The van der Waals surface area contributed by atoms with E-state index in [0.717, 1.165) is 31.5 Å². The summed E-state index contributed by atoms with van der Waals surface area (Å²) in [4.78, 5) is 8.85. The number of ether oxygens (including phenoxy) is 1. The second kappa shape index (κ2) is 8.10. The SMILES string of the molecule is CCCNC(Cc1ccc(OC)nc1)Cc1nc(C)cs1. The molecule has 0 aromatic carbocycles. The quantitative estimate of drug-likeness (QED) is 0.814. The number of thiazole rings is 1. The van der Waals surface area contributed by atoms with Gasteiger partial charge in [0.25, 0.3) is 0 Å². The smallest absolute Gasteiger partial charge is 0.212 e. The van der Waals surface area contributed by atoms with Crippen LogP contribution in [0.5, 0.6) is 5.88 Å². The van der Waals surface area contributed by atoms with E-state index in [9.17, 15) is 0 Å². The van der Waals surface area contributed by atoms with E-state index in [2.05, 4.69) is 33.7 Å². The standard InChI is InChI=1S/C16H23N3OS/c1-4-7-17-14(9-16-19-12(2)11-21-16)8-13-5-6-15(20-3)18-10-13/h5-6,10-11,14,17H,4,7-9H2,1-3H3. The number of nitrogens with zero attached hydrogens (tertiary/aromatic N) is 2. The summed E-state index contributed by atoms with van der Waals surface area (Å²) < 4.78 is 5.10. The number of rotatable bonds is 8. The van der Waals surface area contributed by atoms with Gasteiger partial charge in [-0.1, -0.05) is 13.0 Å². The van der Waals surface area contributed by atoms with Gasteiger partial charge in [-0.05, 0) is 31.9 Å². The van der Waals surface area contributed by atoms with Crippen molar-refractivity contribution < 1.29 is 4.74 Å². The van der Waals surface area contributed by atoms with Crippen LogP contribution in [0.1, 0.15) is 29.6 Å². The van der Waals surface area contributed by atoms with Gasteiger partial charge in [0, 0.05) is 35.8 Å². The second-order valence-electron chi connectivity index (χ2n) is 5.15. The van der Waals surface area contributed by atoms with Crippen molar-refractivity contribution in [1.29, 1.82) is 0 Å². The largest absolute Gasteiger partial charge is 0.481 e. The molecule has 21 heavy (non-hydrogen) atoms. The van der Waals surface area contributed by atoms with Crippen LogP contribution >= 0.6 is 11.3 Å². The van der Waals surface area contributed by atoms with E-state index < -0.39 is 0 Å². The molecule has 2 aromatic heterocycles. The fourth-order valence-corrected chi connectivity index (χ4v) is 3.06. The van der Waals surface area contributed by atoms with Crippen molar-refractivity contribution >= 4 is 11.3 Å². The van der Waals surface area contributed by atoms with Crippen LogP contribution in [-0.2, 0) is 12.8 Å². The lowest BCUT2D eigenvalue weighted by atomic mass is 10.0. The van der Waals surface area contributed by atoms with E-state index in [-0.39, 0.29) is 0 Å². The number of hydrogen-bond donors (Lipinski definition) is 1. The van der Waals surface area contributed by atoms with E-state index in [0.29, 0.717) is 11.9 Å². The Balaban J connectivity index is 2.00. The van der Waals surface area contributed by atoms with Crippen LogP contribution in [0.4, 0.5) is 0 Å². The molecule has 114 valence electrons. The Morgan fingerprint density at radius 2 is 2.19 bits per heavy atom. The molecule has 0 saturated heterocycles. The summed E-state index contributed by atoms with van der Waals surface area (Å²) in [6.07, 6.45) is 4.95. The van der Waals surface area contributed by atoms with Crippen LogP contribution in [0.3, 0.4) is 0 Å². The first kappa shape index (κ1) is 15.9. The Morgan fingerprint density at radius 3 is 2.76 bits per heavy atom. The summed E-state index contributed by atoms with van der Waals surface area (Å²) in [5.74, 6) is 0.660. The number of nitrogens with one attached hydrogen (secondary N) is 1. The molecule has 4 nitrogen and oxygen atoms in total. The first-order chi connectivity index (χ1) is 10.2. The molecule has 2 rings (SSSR count). The number of methoxy groups -OCH3 is 1. The van der Waals surface area contributed by atoms with E-state index >= 15 is 0 Å². The van der Waals surface area contributed by atoms with Gasteiger partial charge < -0.3 is 10.1 Å². The van der Waals surface area contributed by atoms with Crippen LogP contribution < -0.4 is 10.1 Å². The molecular weight excluding hydrogens is 282 g/mol. The van der Waals surface area contributed by atoms with Crippen molar-refractivity contribution in [3.8, 4) is 5.88 Å². The fraction of sp³-hybridized carbons (Fsp3) is 0.500. The predicted octanol–water partition coefficient (Wildman–Crippen LogP) is 3.01. The highest BCUT2D eigenvalue weighted by Gasteiger charge is 2.12. The maximum Gasteiger partial charge on any atom is 0.212 e. The van der Waals surface area contributed by atoms with Crippen LogP contribution in [-0.4, -0.2) is 29.7 Å². The minimum absolute atomic E-state index is 0.394. The van der Waals surface area contributed by atoms with Crippen molar-refractivity contribution in [3.05, 3.63) is 40.0 Å². The molecule has 0 fully saturated rings.